The van der Waals surface area contributed by atoms with Crippen LogP contribution in [0.25, 0.3) is 0 Å². The average Bonchev–Trinajstić information content (AvgIpc) is 2.87. The van der Waals surface area contributed by atoms with Gasteiger partial charge in [0.1, 0.15) is 12.1 Å². The van der Waals surface area contributed by atoms with E-state index in [-0.39, 0.29) is 42.4 Å². The number of nitrogens with zero attached hydrogens (tertiary/aromatic N) is 1. The second-order valence-electron chi connectivity index (χ2n) is 8.10. The highest BCUT2D eigenvalue weighted by molar-refractivity contribution is 5.98. The van der Waals surface area contributed by atoms with E-state index < -0.39 is 23.9 Å². The molecule has 1 amide bonds. The largest absolute Gasteiger partial charge is 0.493 e. The molecule has 1 aromatic heterocycles. The van der Waals surface area contributed by atoms with E-state index in [0.29, 0.717) is 6.42 Å². The quantitative estimate of drug-likeness (QED) is 0.615. The van der Waals surface area contributed by atoms with Crippen molar-refractivity contribution >= 4 is 17.8 Å². The minimum atomic E-state index is -0.944. The van der Waals surface area contributed by atoms with E-state index in [9.17, 15) is 14.4 Å². The molecular formula is C25H30N2O7. The van der Waals surface area contributed by atoms with Gasteiger partial charge in [0.15, 0.2) is 11.4 Å². The molecule has 0 radical (unpaired) electrons. The van der Waals surface area contributed by atoms with Gasteiger partial charge in [-0.15, -0.1) is 0 Å². The van der Waals surface area contributed by atoms with Crippen molar-refractivity contribution in [3.63, 3.8) is 0 Å². The fraction of sp³-hybridized carbons (Fsp3) is 0.440. The third-order valence-corrected chi connectivity index (χ3v) is 5.41. The number of amides is 1. The minimum Gasteiger partial charge on any atom is -0.493 e. The van der Waals surface area contributed by atoms with Crippen LogP contribution in [0.5, 0.6) is 11.5 Å². The van der Waals surface area contributed by atoms with Gasteiger partial charge >= 0.3 is 11.9 Å². The van der Waals surface area contributed by atoms with Gasteiger partial charge in [-0.2, -0.15) is 0 Å². The molecule has 0 aliphatic carbocycles. The van der Waals surface area contributed by atoms with E-state index in [1.165, 1.54) is 31.9 Å². The molecule has 2 unspecified atom stereocenters. The molecule has 1 N–H and O–H groups in total. The Labute approximate surface area is 198 Å². The van der Waals surface area contributed by atoms with E-state index in [1.807, 2.05) is 25.1 Å². The molecule has 3 atom stereocenters. The lowest BCUT2D eigenvalue weighted by molar-refractivity contribution is -0.151. The Kier molecular flexibility index (Phi) is 8.98. The monoisotopic (exact) mass is 470 g/mol. The van der Waals surface area contributed by atoms with Gasteiger partial charge in [0.25, 0.3) is 5.91 Å². The first kappa shape index (κ1) is 25.2. The maximum Gasteiger partial charge on any atom is 0.329 e. The van der Waals surface area contributed by atoms with Crippen LogP contribution in [0.3, 0.4) is 0 Å². The lowest BCUT2D eigenvalue weighted by Crippen LogP contribution is -2.43. The SMILES string of the molecule is COc1ccnc(C(=O)N[C@H]2CCOC(CCc3ccccc3)CC(C)OC2=O)c1OC(C)=O. The number of hydrogen-bond acceptors (Lipinski definition) is 8. The molecular weight excluding hydrogens is 440 g/mol. The van der Waals surface area contributed by atoms with Crippen molar-refractivity contribution < 1.29 is 33.3 Å². The van der Waals surface area contributed by atoms with Gasteiger partial charge in [0.05, 0.1) is 13.2 Å². The van der Waals surface area contributed by atoms with Crippen LogP contribution in [-0.4, -0.2) is 54.8 Å². The summed E-state index contributed by atoms with van der Waals surface area (Å²) < 4.78 is 21.9. The zero-order chi connectivity index (χ0) is 24.5. The molecule has 1 saturated heterocycles. The second kappa shape index (κ2) is 12.1. The Morgan fingerprint density at radius 3 is 2.68 bits per heavy atom. The van der Waals surface area contributed by atoms with Gasteiger partial charge in [0.2, 0.25) is 5.75 Å². The molecule has 1 aromatic carbocycles. The van der Waals surface area contributed by atoms with Crippen molar-refractivity contribution in [3.05, 3.63) is 53.9 Å². The number of esters is 2. The lowest BCUT2D eigenvalue weighted by atomic mass is 10.0. The van der Waals surface area contributed by atoms with Crippen LogP contribution in [0.1, 0.15) is 49.2 Å². The summed E-state index contributed by atoms with van der Waals surface area (Å²) in [6.07, 6.45) is 3.34. The standard InChI is InChI=1S/C25H30N2O7/c1-16-15-19(10-9-18-7-5-4-6-8-18)32-14-12-20(25(30)33-16)27-24(29)22-23(34-17(2)28)21(31-3)11-13-26-22/h4-8,11,13,16,19-20H,9-10,12,14-15H2,1-3H3,(H,27,29)/t16?,19?,20-/m0/s1. The van der Waals surface area contributed by atoms with Crippen LogP contribution in [-0.2, 0) is 25.5 Å². The van der Waals surface area contributed by atoms with Gasteiger partial charge < -0.3 is 24.3 Å². The van der Waals surface area contributed by atoms with Crippen LogP contribution in [0.2, 0.25) is 0 Å². The highest BCUT2D eigenvalue weighted by Crippen LogP contribution is 2.30. The summed E-state index contributed by atoms with van der Waals surface area (Å²) >= 11 is 0. The molecule has 9 heteroatoms. The first-order chi connectivity index (χ1) is 16.4. The summed E-state index contributed by atoms with van der Waals surface area (Å²) in [6, 6.07) is 10.6. The number of rotatable bonds is 7. The molecule has 182 valence electrons. The number of benzene rings is 1. The second-order valence-corrected chi connectivity index (χ2v) is 8.10. The fourth-order valence-corrected chi connectivity index (χ4v) is 3.76. The molecule has 1 aliphatic heterocycles. The van der Waals surface area contributed by atoms with Crippen LogP contribution in [0.15, 0.2) is 42.6 Å². The molecule has 34 heavy (non-hydrogen) atoms. The Bertz CT molecular complexity index is 996. The van der Waals surface area contributed by atoms with Crippen LogP contribution >= 0.6 is 0 Å². The number of cyclic esters (lactones) is 1. The minimum absolute atomic E-state index is 0.0759. The third kappa shape index (κ3) is 7.02. The highest BCUT2D eigenvalue weighted by atomic mass is 16.6. The number of aryl methyl sites for hydroxylation is 1. The van der Waals surface area contributed by atoms with E-state index in [1.54, 1.807) is 0 Å². The zero-order valence-electron chi connectivity index (χ0n) is 19.6. The van der Waals surface area contributed by atoms with Gasteiger partial charge in [-0.25, -0.2) is 9.78 Å². The number of ether oxygens (including phenoxy) is 4. The summed E-state index contributed by atoms with van der Waals surface area (Å²) in [7, 11) is 1.38. The van der Waals surface area contributed by atoms with Crippen molar-refractivity contribution in [1.29, 1.82) is 0 Å². The topological polar surface area (TPSA) is 113 Å². The number of nitrogens with one attached hydrogen (secondary N) is 1. The average molecular weight is 471 g/mol. The lowest BCUT2D eigenvalue weighted by Gasteiger charge is -2.20. The maximum atomic E-state index is 12.9. The van der Waals surface area contributed by atoms with Crippen LogP contribution < -0.4 is 14.8 Å². The summed E-state index contributed by atoms with van der Waals surface area (Å²) in [6.45, 7) is 3.29. The summed E-state index contributed by atoms with van der Waals surface area (Å²) in [5, 5.41) is 2.64. The van der Waals surface area contributed by atoms with Crippen LogP contribution in [0, 0.1) is 0 Å². The molecule has 0 bridgehead atoms. The molecule has 0 saturated carbocycles. The van der Waals surface area contributed by atoms with Crippen LogP contribution in [0.4, 0.5) is 0 Å². The van der Waals surface area contributed by atoms with Gasteiger partial charge in [-0.3, -0.25) is 9.59 Å². The predicted molar refractivity (Wildman–Crippen MR) is 123 cm³/mol. The van der Waals surface area contributed by atoms with E-state index in [0.717, 1.165) is 12.8 Å². The molecule has 1 fully saturated rings. The Hall–Kier alpha value is -3.46. The molecule has 2 heterocycles. The molecule has 0 spiro atoms. The van der Waals surface area contributed by atoms with Crippen molar-refractivity contribution in [2.75, 3.05) is 13.7 Å². The van der Waals surface area contributed by atoms with Crippen molar-refractivity contribution in [1.82, 2.24) is 10.3 Å². The third-order valence-electron chi connectivity index (χ3n) is 5.41. The van der Waals surface area contributed by atoms with Gasteiger partial charge in [-0.1, -0.05) is 30.3 Å². The Morgan fingerprint density at radius 1 is 1.21 bits per heavy atom. The number of carbonyl (C=O) groups is 3. The number of pyridine rings is 1. The zero-order valence-corrected chi connectivity index (χ0v) is 19.6. The molecule has 2 aromatic rings. The molecule has 3 rings (SSSR count). The van der Waals surface area contributed by atoms with Crippen molar-refractivity contribution in [2.24, 2.45) is 0 Å². The number of aromatic nitrogens is 1. The van der Waals surface area contributed by atoms with E-state index in [4.69, 9.17) is 18.9 Å². The summed E-state index contributed by atoms with van der Waals surface area (Å²) in [4.78, 5) is 41.2. The molecule has 1 aliphatic rings. The first-order valence-corrected chi connectivity index (χ1v) is 11.3. The maximum absolute atomic E-state index is 12.9. The van der Waals surface area contributed by atoms with Gasteiger partial charge in [-0.05, 0) is 25.3 Å². The number of methoxy groups -OCH3 is 1. The summed E-state index contributed by atoms with van der Waals surface area (Å²) in [5.41, 5.74) is 1.05. The fourth-order valence-electron chi connectivity index (χ4n) is 3.76. The Morgan fingerprint density at radius 2 is 1.97 bits per heavy atom. The van der Waals surface area contributed by atoms with Crippen molar-refractivity contribution in [2.45, 2.75) is 57.8 Å². The number of hydrogen-bond donors (Lipinski definition) is 1. The highest BCUT2D eigenvalue weighted by Gasteiger charge is 2.30. The normalized spacial score (nSPS) is 20.8. The van der Waals surface area contributed by atoms with E-state index >= 15 is 0 Å². The van der Waals surface area contributed by atoms with E-state index in [2.05, 4.69) is 22.4 Å². The number of carbonyl (C=O) groups excluding carboxylic acids is 3. The smallest absolute Gasteiger partial charge is 0.329 e. The molecule has 9 nitrogen and oxygen atoms in total. The predicted octanol–water partition coefficient (Wildman–Crippen LogP) is 2.86. The summed E-state index contributed by atoms with van der Waals surface area (Å²) in [5.74, 6) is -1.82. The first-order valence-electron chi connectivity index (χ1n) is 11.3. The van der Waals surface area contributed by atoms with Crippen molar-refractivity contribution in [3.8, 4) is 11.5 Å². The Balaban J connectivity index is 1.67. The van der Waals surface area contributed by atoms with Gasteiger partial charge in [0, 0.05) is 38.6 Å².